The standard InChI is InChI=1S/C18H20N2O3S/c1-12-11-24-17(19-12)14-3-2-6-20(10-14)18(21)13-4-5-15-16(9-13)23-8-7-22-15/h4-5,9,11,14H,2-3,6-8,10H2,1H3. The van der Waals surface area contributed by atoms with Gasteiger partial charge in [-0.05, 0) is 38.0 Å². The van der Waals surface area contributed by atoms with Gasteiger partial charge in [-0.2, -0.15) is 0 Å². The number of fused-ring (bicyclic) bond motifs is 1. The first-order chi connectivity index (χ1) is 11.7. The summed E-state index contributed by atoms with van der Waals surface area (Å²) in [6.07, 6.45) is 2.11. The molecular weight excluding hydrogens is 324 g/mol. The summed E-state index contributed by atoms with van der Waals surface area (Å²) in [4.78, 5) is 19.4. The summed E-state index contributed by atoms with van der Waals surface area (Å²) < 4.78 is 11.1. The summed E-state index contributed by atoms with van der Waals surface area (Å²) in [5.41, 5.74) is 1.72. The Morgan fingerprint density at radius 1 is 1.29 bits per heavy atom. The zero-order chi connectivity index (χ0) is 16.5. The van der Waals surface area contributed by atoms with E-state index in [-0.39, 0.29) is 5.91 Å². The summed E-state index contributed by atoms with van der Waals surface area (Å²) in [5.74, 6) is 1.78. The number of aromatic nitrogens is 1. The Hall–Kier alpha value is -2.08. The molecule has 1 aromatic heterocycles. The molecule has 1 aromatic carbocycles. The van der Waals surface area contributed by atoms with Crippen LogP contribution in [0.5, 0.6) is 11.5 Å². The Kier molecular flexibility index (Phi) is 4.14. The van der Waals surface area contributed by atoms with Gasteiger partial charge in [-0.1, -0.05) is 0 Å². The molecule has 2 aromatic rings. The van der Waals surface area contributed by atoms with E-state index in [4.69, 9.17) is 9.47 Å². The predicted octanol–water partition coefficient (Wildman–Crippen LogP) is 3.24. The van der Waals surface area contributed by atoms with Crippen molar-refractivity contribution in [1.29, 1.82) is 0 Å². The molecule has 6 heteroatoms. The molecule has 24 heavy (non-hydrogen) atoms. The number of hydrogen-bond acceptors (Lipinski definition) is 5. The molecular formula is C18H20N2O3S. The number of rotatable bonds is 2. The summed E-state index contributed by atoms with van der Waals surface area (Å²) >= 11 is 1.70. The minimum absolute atomic E-state index is 0.0601. The summed E-state index contributed by atoms with van der Waals surface area (Å²) in [6.45, 7) is 4.64. The second kappa shape index (κ2) is 6.43. The molecule has 0 radical (unpaired) electrons. The third-order valence-electron chi connectivity index (χ3n) is 4.48. The smallest absolute Gasteiger partial charge is 0.254 e. The van der Waals surface area contributed by atoms with Gasteiger partial charge < -0.3 is 14.4 Å². The van der Waals surface area contributed by atoms with Gasteiger partial charge in [0.15, 0.2) is 11.5 Å². The van der Waals surface area contributed by atoms with Gasteiger partial charge in [-0.3, -0.25) is 4.79 Å². The Bertz CT molecular complexity index is 758. The quantitative estimate of drug-likeness (QED) is 0.839. The number of piperidine rings is 1. The number of carbonyl (C=O) groups excluding carboxylic acids is 1. The van der Waals surface area contributed by atoms with Crippen molar-refractivity contribution in [3.63, 3.8) is 0 Å². The van der Waals surface area contributed by atoms with E-state index in [1.165, 1.54) is 0 Å². The Balaban J connectivity index is 1.51. The van der Waals surface area contributed by atoms with Gasteiger partial charge in [0.25, 0.3) is 5.91 Å². The third kappa shape index (κ3) is 2.98. The maximum atomic E-state index is 12.9. The lowest BCUT2D eigenvalue weighted by atomic mass is 9.98. The molecule has 0 spiro atoms. The molecule has 0 aliphatic carbocycles. The molecule has 2 aliphatic heterocycles. The van der Waals surface area contributed by atoms with Crippen LogP contribution in [0.25, 0.3) is 0 Å². The van der Waals surface area contributed by atoms with Crippen molar-refractivity contribution in [2.45, 2.75) is 25.7 Å². The highest BCUT2D eigenvalue weighted by Crippen LogP contribution is 2.33. The molecule has 1 atom stereocenters. The van der Waals surface area contributed by atoms with Gasteiger partial charge in [0.1, 0.15) is 13.2 Å². The van der Waals surface area contributed by atoms with Gasteiger partial charge in [0.05, 0.1) is 5.01 Å². The van der Waals surface area contributed by atoms with Crippen molar-refractivity contribution in [3.05, 3.63) is 39.8 Å². The summed E-state index contributed by atoms with van der Waals surface area (Å²) in [6, 6.07) is 5.45. The molecule has 2 aliphatic rings. The zero-order valence-corrected chi connectivity index (χ0v) is 14.5. The first-order valence-electron chi connectivity index (χ1n) is 8.31. The summed E-state index contributed by atoms with van der Waals surface area (Å²) in [7, 11) is 0. The number of carbonyl (C=O) groups is 1. The van der Waals surface area contributed by atoms with Crippen molar-refractivity contribution in [3.8, 4) is 11.5 Å². The lowest BCUT2D eigenvalue weighted by Gasteiger charge is -2.32. The molecule has 0 N–H and O–H groups in total. The second-order valence-corrected chi connectivity index (χ2v) is 7.17. The van der Waals surface area contributed by atoms with Crippen molar-refractivity contribution in [2.75, 3.05) is 26.3 Å². The number of nitrogens with zero attached hydrogens (tertiary/aromatic N) is 2. The van der Waals surface area contributed by atoms with E-state index in [0.29, 0.717) is 36.2 Å². The molecule has 1 fully saturated rings. The van der Waals surface area contributed by atoms with Gasteiger partial charge in [-0.15, -0.1) is 11.3 Å². The van der Waals surface area contributed by atoms with Crippen molar-refractivity contribution < 1.29 is 14.3 Å². The molecule has 4 rings (SSSR count). The van der Waals surface area contributed by atoms with Crippen LogP contribution in [0.1, 0.15) is 39.8 Å². The maximum Gasteiger partial charge on any atom is 0.254 e. The van der Waals surface area contributed by atoms with Crippen LogP contribution < -0.4 is 9.47 Å². The average molecular weight is 344 g/mol. The fraction of sp³-hybridized carbons (Fsp3) is 0.444. The van der Waals surface area contributed by atoms with Gasteiger partial charge in [0, 0.05) is 35.6 Å². The first kappa shape index (κ1) is 15.4. The fourth-order valence-corrected chi connectivity index (χ4v) is 4.21. The number of ether oxygens (including phenoxy) is 2. The van der Waals surface area contributed by atoms with E-state index < -0.39 is 0 Å². The highest BCUT2D eigenvalue weighted by atomic mass is 32.1. The Labute approximate surface area is 145 Å². The van der Waals surface area contributed by atoms with Crippen LogP contribution in [0, 0.1) is 6.92 Å². The Morgan fingerprint density at radius 3 is 2.92 bits per heavy atom. The van der Waals surface area contributed by atoms with E-state index in [9.17, 15) is 4.79 Å². The van der Waals surface area contributed by atoms with Crippen LogP contribution in [0.2, 0.25) is 0 Å². The minimum atomic E-state index is 0.0601. The van der Waals surface area contributed by atoms with Gasteiger partial charge >= 0.3 is 0 Å². The number of aryl methyl sites for hydroxylation is 1. The lowest BCUT2D eigenvalue weighted by molar-refractivity contribution is 0.0706. The first-order valence-corrected chi connectivity index (χ1v) is 9.19. The van der Waals surface area contributed by atoms with Crippen molar-refractivity contribution in [1.82, 2.24) is 9.88 Å². The highest BCUT2D eigenvalue weighted by molar-refractivity contribution is 7.09. The average Bonchev–Trinajstić information content (AvgIpc) is 3.07. The molecule has 126 valence electrons. The normalized spacial score (nSPS) is 20.0. The molecule has 3 heterocycles. The van der Waals surface area contributed by atoms with Gasteiger partial charge in [-0.25, -0.2) is 4.98 Å². The van der Waals surface area contributed by atoms with E-state index in [2.05, 4.69) is 10.4 Å². The van der Waals surface area contributed by atoms with Crippen LogP contribution in [0.15, 0.2) is 23.6 Å². The molecule has 0 bridgehead atoms. The van der Waals surface area contributed by atoms with Crippen molar-refractivity contribution in [2.24, 2.45) is 0 Å². The van der Waals surface area contributed by atoms with Gasteiger partial charge in [0.2, 0.25) is 0 Å². The van der Waals surface area contributed by atoms with Crippen molar-refractivity contribution >= 4 is 17.2 Å². The largest absolute Gasteiger partial charge is 0.486 e. The molecule has 1 unspecified atom stereocenters. The fourth-order valence-electron chi connectivity index (χ4n) is 3.28. The third-order valence-corrected chi connectivity index (χ3v) is 5.61. The Morgan fingerprint density at radius 2 is 2.12 bits per heavy atom. The zero-order valence-electron chi connectivity index (χ0n) is 13.7. The second-order valence-electron chi connectivity index (χ2n) is 6.28. The molecule has 1 saturated heterocycles. The maximum absolute atomic E-state index is 12.9. The van der Waals surface area contributed by atoms with Crippen LogP contribution in [-0.4, -0.2) is 42.1 Å². The van der Waals surface area contributed by atoms with Crippen LogP contribution in [0.3, 0.4) is 0 Å². The van der Waals surface area contributed by atoms with E-state index in [0.717, 1.165) is 36.6 Å². The molecule has 1 amide bonds. The van der Waals surface area contributed by atoms with E-state index in [1.54, 1.807) is 17.4 Å². The number of hydrogen-bond donors (Lipinski definition) is 0. The number of thiazole rings is 1. The van der Waals surface area contributed by atoms with Crippen LogP contribution in [-0.2, 0) is 0 Å². The van der Waals surface area contributed by atoms with Crippen LogP contribution in [0.4, 0.5) is 0 Å². The monoisotopic (exact) mass is 344 g/mol. The number of likely N-dealkylation sites (tertiary alicyclic amines) is 1. The lowest BCUT2D eigenvalue weighted by Crippen LogP contribution is -2.39. The highest BCUT2D eigenvalue weighted by Gasteiger charge is 2.27. The minimum Gasteiger partial charge on any atom is -0.486 e. The predicted molar refractivity (Wildman–Crippen MR) is 92.2 cm³/mol. The molecule has 0 saturated carbocycles. The number of amides is 1. The number of benzene rings is 1. The van der Waals surface area contributed by atoms with E-state index in [1.807, 2.05) is 24.0 Å². The summed E-state index contributed by atoms with van der Waals surface area (Å²) in [5, 5.41) is 3.23. The topological polar surface area (TPSA) is 51.7 Å². The van der Waals surface area contributed by atoms with E-state index >= 15 is 0 Å². The SMILES string of the molecule is Cc1csc(C2CCCN(C(=O)c3ccc4c(c3)OCCO4)C2)n1. The van der Waals surface area contributed by atoms with Crippen LogP contribution >= 0.6 is 11.3 Å². The molecule has 5 nitrogen and oxygen atoms in total.